The Morgan fingerprint density at radius 1 is 0.571 bits per heavy atom. The van der Waals surface area contributed by atoms with E-state index in [2.05, 4.69) is 62.3 Å². The van der Waals surface area contributed by atoms with Gasteiger partial charge in [-0.15, -0.1) is 0 Å². The third-order valence-corrected chi connectivity index (χ3v) is 31.1. The van der Waals surface area contributed by atoms with Crippen LogP contribution in [0.5, 0.6) is 0 Å². The summed E-state index contributed by atoms with van der Waals surface area (Å²) >= 11 is -2.85. The molecule has 0 radical (unpaired) electrons. The first-order valence-corrected chi connectivity index (χ1v) is 13.6. The van der Waals surface area contributed by atoms with Crippen LogP contribution in [-0.4, -0.2) is 21.5 Å². The molecule has 0 bridgehead atoms. The van der Waals surface area contributed by atoms with E-state index >= 15 is 0 Å². The molecule has 0 aliphatic heterocycles. The Kier molecular flexibility index (Phi) is 3.96. The van der Waals surface area contributed by atoms with Crippen LogP contribution in [0.3, 0.4) is 0 Å². The molecule has 0 saturated carbocycles. The van der Waals surface area contributed by atoms with Gasteiger partial charge < -0.3 is 0 Å². The van der Waals surface area contributed by atoms with Crippen LogP contribution >= 0.6 is 0 Å². The van der Waals surface area contributed by atoms with Crippen molar-refractivity contribution in [3.05, 3.63) is 0 Å². The summed E-state index contributed by atoms with van der Waals surface area (Å²) in [6, 6.07) is 0. The van der Waals surface area contributed by atoms with Crippen molar-refractivity contribution in [3.8, 4) is 0 Å². The first-order chi connectivity index (χ1) is 5.75. The van der Waals surface area contributed by atoms with Crippen LogP contribution in [0, 0.1) is 0 Å². The number of rotatable bonds is 0. The van der Waals surface area contributed by atoms with E-state index in [9.17, 15) is 0 Å². The number of nitrogens with two attached hydrogens (primary N) is 1. The molecule has 0 heterocycles. The van der Waals surface area contributed by atoms with E-state index in [0.717, 1.165) is 0 Å². The van der Waals surface area contributed by atoms with Gasteiger partial charge in [0.05, 0.1) is 0 Å². The fourth-order valence-electron chi connectivity index (χ4n) is 3.38. The zero-order valence-electron chi connectivity index (χ0n) is 11.6. The molecule has 86 valence electrons. The molecule has 0 aromatic rings. The van der Waals surface area contributed by atoms with Crippen molar-refractivity contribution in [3.63, 3.8) is 0 Å². The van der Waals surface area contributed by atoms with Crippen LogP contribution in [0.15, 0.2) is 0 Å². The second-order valence-corrected chi connectivity index (χ2v) is 31.3. The van der Waals surface area contributed by atoms with Crippen LogP contribution in [-0.2, 0) is 0 Å². The van der Waals surface area contributed by atoms with Crippen LogP contribution in [0.4, 0.5) is 0 Å². The Labute approximate surface area is 95.9 Å². The molecule has 0 amide bonds. The average Bonchev–Trinajstić information content (AvgIpc) is 1.77. The molecule has 0 atom stereocenters. The second-order valence-electron chi connectivity index (χ2n) is 7.56. The molecule has 1 nitrogen and oxygen atoms in total. The first kappa shape index (κ1) is 14.9. The van der Waals surface area contributed by atoms with E-state index in [-0.39, 0.29) is 0 Å². The summed E-state index contributed by atoms with van der Waals surface area (Å²) < 4.78 is 7.92. The minimum absolute atomic E-state index is 0.323. The quantitative estimate of drug-likeness (QED) is 0.610. The van der Waals surface area contributed by atoms with Gasteiger partial charge in [0.15, 0.2) is 0 Å². The van der Waals surface area contributed by atoms with Crippen molar-refractivity contribution in [2.24, 2.45) is 3.54 Å². The predicted molar refractivity (Wildman–Crippen MR) is 69.1 cm³/mol. The van der Waals surface area contributed by atoms with Gasteiger partial charge in [0.2, 0.25) is 0 Å². The molecule has 2 heteroatoms. The van der Waals surface area contributed by atoms with Gasteiger partial charge in [-0.3, -0.25) is 0 Å². The molecule has 0 rings (SSSR count). The summed E-state index contributed by atoms with van der Waals surface area (Å²) in [5.74, 6) is 0. The van der Waals surface area contributed by atoms with Crippen molar-refractivity contribution in [1.29, 1.82) is 0 Å². The Balaban J connectivity index is 5.54. The van der Waals surface area contributed by atoms with E-state index in [1.807, 2.05) is 0 Å². The first-order valence-electron chi connectivity index (χ1n) is 5.54. The molecular weight excluding hydrogens is 365 g/mol. The van der Waals surface area contributed by atoms with E-state index in [1.54, 1.807) is 0 Å². The molecule has 0 aliphatic carbocycles. The standard InChI is InChI=1S/3C4H9.H2N.Pb/c3*1-4(2)3;;/h3*1-3H3;1H2;/q;;;-1;+1. The maximum atomic E-state index is 6.95. The van der Waals surface area contributed by atoms with Gasteiger partial charge in [-0.2, -0.15) is 0 Å². The van der Waals surface area contributed by atoms with Crippen LogP contribution in [0.1, 0.15) is 62.3 Å². The molecule has 0 unspecified atom stereocenters. The zero-order chi connectivity index (χ0) is 12.0. The van der Waals surface area contributed by atoms with Gasteiger partial charge in [-0.1, -0.05) is 0 Å². The third-order valence-electron chi connectivity index (χ3n) is 3.55. The van der Waals surface area contributed by atoms with Crippen LogP contribution < -0.4 is 3.54 Å². The molecule has 0 aromatic heterocycles. The van der Waals surface area contributed by atoms with Crippen molar-refractivity contribution >= 4 is 21.5 Å². The van der Waals surface area contributed by atoms with Crippen molar-refractivity contribution in [2.75, 3.05) is 0 Å². The second kappa shape index (κ2) is 3.72. The number of hydrogen-bond donors (Lipinski definition) is 1. The Hall–Kier alpha value is 0.882. The molecule has 2 N–H and O–H groups in total. The van der Waals surface area contributed by atoms with Gasteiger partial charge in [0, 0.05) is 0 Å². The predicted octanol–water partition coefficient (Wildman–Crippen LogP) is 4.29. The summed E-state index contributed by atoms with van der Waals surface area (Å²) in [4.78, 5) is 0. The molecule has 0 fully saturated rings. The monoisotopic (exact) mass is 395 g/mol. The van der Waals surface area contributed by atoms with Gasteiger partial charge in [-0.05, 0) is 0 Å². The normalized spacial score (nSPS) is 15.9. The number of hydrogen-bond acceptors (Lipinski definition) is 1. The fourth-order valence-corrected chi connectivity index (χ4v) is 29.6. The van der Waals surface area contributed by atoms with Crippen LogP contribution in [0.25, 0.3) is 0 Å². The van der Waals surface area contributed by atoms with Crippen LogP contribution in [0.2, 0.25) is 8.92 Å². The Morgan fingerprint density at radius 3 is 0.714 bits per heavy atom. The van der Waals surface area contributed by atoms with Gasteiger partial charge in [-0.25, -0.2) is 0 Å². The summed E-state index contributed by atoms with van der Waals surface area (Å²) in [6.07, 6.45) is 0. The minimum atomic E-state index is -2.85. The summed E-state index contributed by atoms with van der Waals surface area (Å²) in [6.45, 7) is 21.0. The SMILES string of the molecule is C[C](C)(C)[Pb]([NH2])([C](C)(C)C)[C](C)(C)C. The van der Waals surface area contributed by atoms with E-state index in [4.69, 9.17) is 3.54 Å². The topological polar surface area (TPSA) is 26.0 Å². The van der Waals surface area contributed by atoms with Gasteiger partial charge >= 0.3 is 96.3 Å². The van der Waals surface area contributed by atoms with E-state index in [1.165, 1.54) is 0 Å². The summed E-state index contributed by atoms with van der Waals surface area (Å²) in [5, 5.41) is 0. The van der Waals surface area contributed by atoms with Gasteiger partial charge in [0.1, 0.15) is 0 Å². The molecule has 0 spiro atoms. The molecule has 0 aromatic carbocycles. The van der Waals surface area contributed by atoms with Crippen molar-refractivity contribution in [2.45, 2.75) is 71.2 Å². The fraction of sp³-hybridized carbons (Fsp3) is 1.00. The van der Waals surface area contributed by atoms with Gasteiger partial charge in [0.25, 0.3) is 0 Å². The zero-order valence-corrected chi connectivity index (χ0v) is 15.5. The van der Waals surface area contributed by atoms with E-state index in [0.29, 0.717) is 8.92 Å². The Morgan fingerprint density at radius 2 is 0.714 bits per heavy atom. The molecule has 0 aliphatic rings. The summed E-state index contributed by atoms with van der Waals surface area (Å²) in [5.41, 5.74) is 0. The molecular formula is C12H29NPb. The Bertz CT molecular complexity index is 164. The summed E-state index contributed by atoms with van der Waals surface area (Å²) in [7, 11) is 0. The third kappa shape index (κ3) is 2.34. The van der Waals surface area contributed by atoms with E-state index < -0.39 is 21.5 Å². The molecule has 14 heavy (non-hydrogen) atoms. The van der Waals surface area contributed by atoms with Crippen molar-refractivity contribution < 1.29 is 0 Å². The molecule has 0 saturated heterocycles. The maximum absolute atomic E-state index is 6.95. The van der Waals surface area contributed by atoms with Crippen molar-refractivity contribution in [1.82, 2.24) is 0 Å². The average molecular weight is 395 g/mol.